The van der Waals surface area contributed by atoms with Gasteiger partial charge in [0.05, 0.1) is 11.4 Å². The summed E-state index contributed by atoms with van der Waals surface area (Å²) >= 11 is 0. The molecule has 0 atom stereocenters. The van der Waals surface area contributed by atoms with Gasteiger partial charge in [-0.15, -0.1) is 0 Å². The molecule has 0 aliphatic carbocycles. The molecule has 1 aliphatic rings. The number of H-pyrrole nitrogens is 1. The molecular weight excluding hydrogens is 316 g/mol. The van der Waals surface area contributed by atoms with Crippen molar-refractivity contribution in [3.05, 3.63) is 48.0 Å². The van der Waals surface area contributed by atoms with Gasteiger partial charge in [-0.05, 0) is 37.1 Å². The van der Waals surface area contributed by atoms with Crippen molar-refractivity contribution in [1.82, 2.24) is 19.6 Å². The van der Waals surface area contributed by atoms with Crippen LogP contribution >= 0.6 is 0 Å². The topological polar surface area (TPSA) is 95.2 Å². The molecule has 23 heavy (non-hydrogen) atoms. The first kappa shape index (κ1) is 15.7. The van der Waals surface area contributed by atoms with E-state index in [2.05, 4.69) is 15.3 Å². The maximum absolute atomic E-state index is 12.4. The van der Waals surface area contributed by atoms with E-state index in [9.17, 15) is 13.2 Å². The molecule has 2 heterocycles. The minimum atomic E-state index is -3.44. The number of hydrogen-bond donors (Lipinski definition) is 2. The van der Waals surface area contributed by atoms with E-state index in [1.807, 2.05) is 0 Å². The number of amides is 1. The Morgan fingerprint density at radius 2 is 1.91 bits per heavy atom. The van der Waals surface area contributed by atoms with E-state index < -0.39 is 10.0 Å². The average Bonchev–Trinajstić information content (AvgIpc) is 3.26. The van der Waals surface area contributed by atoms with Crippen LogP contribution in [-0.2, 0) is 16.6 Å². The molecule has 0 radical (unpaired) electrons. The molecule has 122 valence electrons. The second kappa shape index (κ2) is 6.51. The van der Waals surface area contributed by atoms with E-state index >= 15 is 0 Å². The molecule has 3 rings (SSSR count). The van der Waals surface area contributed by atoms with Crippen molar-refractivity contribution in [1.29, 1.82) is 0 Å². The van der Waals surface area contributed by atoms with Crippen LogP contribution < -0.4 is 5.32 Å². The van der Waals surface area contributed by atoms with E-state index in [1.165, 1.54) is 28.6 Å². The van der Waals surface area contributed by atoms with Crippen LogP contribution in [0.3, 0.4) is 0 Å². The van der Waals surface area contributed by atoms with Crippen molar-refractivity contribution in [2.24, 2.45) is 0 Å². The van der Waals surface area contributed by atoms with E-state index in [0.717, 1.165) is 12.8 Å². The van der Waals surface area contributed by atoms with Crippen LogP contribution in [-0.4, -0.2) is 41.7 Å². The lowest BCUT2D eigenvalue weighted by Crippen LogP contribution is -2.28. The molecule has 0 saturated carbocycles. The summed E-state index contributed by atoms with van der Waals surface area (Å²) in [6.07, 6.45) is 5.08. The van der Waals surface area contributed by atoms with Gasteiger partial charge in [-0.3, -0.25) is 4.79 Å². The summed E-state index contributed by atoms with van der Waals surface area (Å²) in [6, 6.07) is 6.02. The van der Waals surface area contributed by atoms with Gasteiger partial charge in [0.15, 0.2) is 0 Å². The summed E-state index contributed by atoms with van der Waals surface area (Å²) in [6.45, 7) is 1.42. The number of rotatable bonds is 5. The van der Waals surface area contributed by atoms with Crippen molar-refractivity contribution in [3.63, 3.8) is 0 Å². The monoisotopic (exact) mass is 334 g/mol. The summed E-state index contributed by atoms with van der Waals surface area (Å²) in [7, 11) is -3.44. The molecule has 1 aliphatic heterocycles. The van der Waals surface area contributed by atoms with E-state index in [-0.39, 0.29) is 10.8 Å². The maximum atomic E-state index is 12.4. The first-order chi connectivity index (χ1) is 11.1. The number of carbonyl (C=O) groups is 1. The van der Waals surface area contributed by atoms with Gasteiger partial charge in [0.2, 0.25) is 10.0 Å². The fraction of sp³-hybridized carbons (Fsp3) is 0.333. The number of aromatic amines is 1. The van der Waals surface area contributed by atoms with Crippen molar-refractivity contribution in [2.75, 3.05) is 13.1 Å². The molecule has 1 aromatic carbocycles. The van der Waals surface area contributed by atoms with Gasteiger partial charge in [0.25, 0.3) is 5.91 Å². The predicted octanol–water partition coefficient (Wildman–Crippen LogP) is 1.12. The van der Waals surface area contributed by atoms with Gasteiger partial charge in [0, 0.05) is 31.0 Å². The van der Waals surface area contributed by atoms with Crippen LogP contribution in [0.2, 0.25) is 0 Å². The summed E-state index contributed by atoms with van der Waals surface area (Å²) < 4.78 is 26.3. The number of carbonyl (C=O) groups excluding carboxylic acids is 1. The Balaban J connectivity index is 1.67. The molecule has 0 spiro atoms. The lowest BCUT2D eigenvalue weighted by atomic mass is 10.2. The standard InChI is InChI=1S/C15H18N4O3S/c20-15(18-11-14-16-7-8-17-14)12-3-5-13(6-4-12)23(21,22)19-9-1-2-10-19/h3-8H,1-2,9-11H2,(H,16,17)(H,18,20). The predicted molar refractivity (Wildman–Crippen MR) is 84.2 cm³/mol. The van der Waals surface area contributed by atoms with Crippen molar-refractivity contribution in [3.8, 4) is 0 Å². The summed E-state index contributed by atoms with van der Waals surface area (Å²) in [5.74, 6) is 0.387. The van der Waals surface area contributed by atoms with E-state index in [1.54, 1.807) is 12.4 Å². The molecular formula is C15H18N4O3S. The van der Waals surface area contributed by atoms with Crippen molar-refractivity contribution >= 4 is 15.9 Å². The van der Waals surface area contributed by atoms with Gasteiger partial charge in [0.1, 0.15) is 5.82 Å². The lowest BCUT2D eigenvalue weighted by Gasteiger charge is -2.15. The zero-order chi connectivity index (χ0) is 16.3. The third-order valence-electron chi connectivity index (χ3n) is 3.79. The van der Waals surface area contributed by atoms with Crippen LogP contribution in [0.1, 0.15) is 29.0 Å². The highest BCUT2D eigenvalue weighted by Gasteiger charge is 2.27. The quantitative estimate of drug-likeness (QED) is 0.857. The highest BCUT2D eigenvalue weighted by atomic mass is 32.2. The number of nitrogens with zero attached hydrogens (tertiary/aromatic N) is 2. The Morgan fingerprint density at radius 3 is 2.52 bits per heavy atom. The zero-order valence-corrected chi connectivity index (χ0v) is 13.3. The van der Waals surface area contributed by atoms with Crippen LogP contribution in [0.4, 0.5) is 0 Å². The molecule has 1 amide bonds. The lowest BCUT2D eigenvalue weighted by molar-refractivity contribution is 0.0950. The Bertz CT molecular complexity index is 764. The number of hydrogen-bond acceptors (Lipinski definition) is 4. The summed E-state index contributed by atoms with van der Waals surface area (Å²) in [4.78, 5) is 19.2. The SMILES string of the molecule is O=C(NCc1ncc[nH]1)c1ccc(S(=O)(=O)N2CCCC2)cc1. The van der Waals surface area contributed by atoms with Gasteiger partial charge in [-0.1, -0.05) is 0 Å². The molecule has 0 unspecified atom stereocenters. The number of benzene rings is 1. The summed E-state index contributed by atoms with van der Waals surface area (Å²) in [5, 5.41) is 2.72. The Labute approximate surface area is 134 Å². The Morgan fingerprint density at radius 1 is 1.22 bits per heavy atom. The second-order valence-electron chi connectivity index (χ2n) is 5.35. The largest absolute Gasteiger partial charge is 0.347 e. The fourth-order valence-corrected chi connectivity index (χ4v) is 4.03. The molecule has 1 aromatic heterocycles. The van der Waals surface area contributed by atoms with Crippen LogP contribution in [0.5, 0.6) is 0 Å². The third kappa shape index (κ3) is 3.43. The van der Waals surface area contributed by atoms with Gasteiger partial charge >= 0.3 is 0 Å². The van der Waals surface area contributed by atoms with Crippen molar-refractivity contribution in [2.45, 2.75) is 24.3 Å². The van der Waals surface area contributed by atoms with Gasteiger partial charge < -0.3 is 10.3 Å². The van der Waals surface area contributed by atoms with E-state index in [0.29, 0.717) is 31.0 Å². The van der Waals surface area contributed by atoms with E-state index in [4.69, 9.17) is 0 Å². The highest BCUT2D eigenvalue weighted by molar-refractivity contribution is 7.89. The summed E-state index contributed by atoms with van der Waals surface area (Å²) in [5.41, 5.74) is 0.414. The number of imidazole rings is 1. The Kier molecular flexibility index (Phi) is 4.44. The molecule has 0 bridgehead atoms. The van der Waals surface area contributed by atoms with Gasteiger partial charge in [-0.2, -0.15) is 4.31 Å². The van der Waals surface area contributed by atoms with Gasteiger partial charge in [-0.25, -0.2) is 13.4 Å². The molecule has 1 fully saturated rings. The molecule has 2 aromatic rings. The van der Waals surface area contributed by atoms with Crippen LogP contribution in [0, 0.1) is 0 Å². The Hall–Kier alpha value is -2.19. The average molecular weight is 334 g/mol. The third-order valence-corrected chi connectivity index (χ3v) is 5.70. The minimum Gasteiger partial charge on any atom is -0.347 e. The number of sulfonamides is 1. The molecule has 1 saturated heterocycles. The molecule has 2 N–H and O–H groups in total. The van der Waals surface area contributed by atoms with Crippen LogP contribution in [0.15, 0.2) is 41.6 Å². The second-order valence-corrected chi connectivity index (χ2v) is 7.29. The highest BCUT2D eigenvalue weighted by Crippen LogP contribution is 2.21. The smallest absolute Gasteiger partial charge is 0.251 e. The number of nitrogens with one attached hydrogen (secondary N) is 2. The first-order valence-corrected chi connectivity index (χ1v) is 8.88. The fourth-order valence-electron chi connectivity index (χ4n) is 2.52. The molecule has 8 heteroatoms. The maximum Gasteiger partial charge on any atom is 0.251 e. The number of aromatic nitrogens is 2. The van der Waals surface area contributed by atoms with Crippen LogP contribution in [0.25, 0.3) is 0 Å². The van der Waals surface area contributed by atoms with Crippen molar-refractivity contribution < 1.29 is 13.2 Å². The minimum absolute atomic E-state index is 0.224. The zero-order valence-electron chi connectivity index (χ0n) is 12.5. The normalized spacial score (nSPS) is 15.7. The molecule has 7 nitrogen and oxygen atoms in total. The first-order valence-electron chi connectivity index (χ1n) is 7.44.